The average molecular weight is 310 g/mol. The number of ether oxygens (including phenoxy) is 1. The van der Waals surface area contributed by atoms with Gasteiger partial charge in [0, 0.05) is 17.6 Å². The molecule has 0 amide bonds. The van der Waals surface area contributed by atoms with Crippen LogP contribution >= 0.6 is 0 Å². The number of nitriles is 1. The van der Waals surface area contributed by atoms with Crippen LogP contribution in [0, 0.1) is 18.3 Å². The highest BCUT2D eigenvalue weighted by molar-refractivity contribution is 5.89. The van der Waals surface area contributed by atoms with Crippen LogP contribution in [0.3, 0.4) is 0 Å². The fraction of sp³-hybridized carbons (Fsp3) is 0.368. The minimum absolute atomic E-state index is 0.318. The molecule has 2 aromatic rings. The summed E-state index contributed by atoms with van der Waals surface area (Å²) in [5.41, 5.74) is 4.35. The molecule has 1 aromatic heterocycles. The molecule has 0 saturated heterocycles. The van der Waals surface area contributed by atoms with E-state index in [-0.39, 0.29) is 5.97 Å². The summed E-state index contributed by atoms with van der Waals surface area (Å²) in [6, 6.07) is 9.55. The summed E-state index contributed by atoms with van der Waals surface area (Å²) >= 11 is 0. The van der Waals surface area contributed by atoms with Crippen molar-refractivity contribution in [3.8, 4) is 11.8 Å². The molecule has 1 atom stereocenters. The molecule has 0 radical (unpaired) electrons. The Balaban J connectivity index is 2.41. The number of benzene rings is 1. The van der Waals surface area contributed by atoms with Gasteiger partial charge < -0.3 is 9.30 Å². The summed E-state index contributed by atoms with van der Waals surface area (Å²) in [6.07, 6.45) is 2.86. The van der Waals surface area contributed by atoms with Gasteiger partial charge in [-0.05, 0) is 56.0 Å². The van der Waals surface area contributed by atoms with Gasteiger partial charge in [-0.15, -0.1) is 0 Å². The maximum atomic E-state index is 11.7. The van der Waals surface area contributed by atoms with Crippen molar-refractivity contribution in [2.75, 3.05) is 6.61 Å². The van der Waals surface area contributed by atoms with Gasteiger partial charge >= 0.3 is 5.97 Å². The van der Waals surface area contributed by atoms with E-state index < -0.39 is 0 Å². The first kappa shape index (κ1) is 16.8. The van der Waals surface area contributed by atoms with Crippen molar-refractivity contribution < 1.29 is 9.53 Å². The third-order valence-electron chi connectivity index (χ3n) is 4.18. The molecule has 0 N–H and O–H groups in total. The lowest BCUT2D eigenvalue weighted by atomic mass is 9.96. The molecule has 0 aliphatic carbocycles. The number of rotatable bonds is 5. The van der Waals surface area contributed by atoms with Gasteiger partial charge in [0.2, 0.25) is 0 Å². The molecule has 23 heavy (non-hydrogen) atoms. The van der Waals surface area contributed by atoms with Gasteiger partial charge in [-0.25, -0.2) is 4.79 Å². The van der Waals surface area contributed by atoms with Crippen molar-refractivity contribution in [3.05, 3.63) is 52.8 Å². The summed E-state index contributed by atoms with van der Waals surface area (Å²) in [4.78, 5) is 11.7. The Kier molecular flexibility index (Phi) is 5.23. The van der Waals surface area contributed by atoms with Crippen LogP contribution in [-0.4, -0.2) is 17.1 Å². The number of carbonyl (C=O) groups excluding carboxylic acids is 1. The Labute approximate surface area is 137 Å². The largest absolute Gasteiger partial charge is 0.462 e. The molecule has 4 heteroatoms. The zero-order valence-electron chi connectivity index (χ0n) is 14.1. The summed E-state index contributed by atoms with van der Waals surface area (Å²) in [7, 11) is 0. The first-order valence-electron chi connectivity index (χ1n) is 7.92. The lowest BCUT2D eigenvalue weighted by molar-refractivity contribution is 0.0526. The zero-order valence-corrected chi connectivity index (χ0v) is 14.1. The minimum atomic E-state index is -0.318. The maximum absolute atomic E-state index is 11.7. The van der Waals surface area contributed by atoms with E-state index in [1.807, 2.05) is 29.8 Å². The van der Waals surface area contributed by atoms with Gasteiger partial charge in [-0.1, -0.05) is 13.8 Å². The number of hydrogen-bond acceptors (Lipinski definition) is 3. The smallest absolute Gasteiger partial charge is 0.338 e. The van der Waals surface area contributed by atoms with E-state index in [2.05, 4.69) is 19.9 Å². The highest BCUT2D eigenvalue weighted by atomic mass is 16.5. The monoisotopic (exact) mass is 310 g/mol. The molecule has 120 valence electrons. The van der Waals surface area contributed by atoms with E-state index in [1.165, 1.54) is 0 Å². The molecule has 0 spiro atoms. The SMILES string of the molecule is CCOC(=O)c1ccc(-n2cc(C#N)c(C(C)CC)c2C)cc1. The molecule has 0 saturated carbocycles. The molecule has 0 fully saturated rings. The van der Waals surface area contributed by atoms with Crippen LogP contribution < -0.4 is 0 Å². The predicted octanol–water partition coefficient (Wildman–Crippen LogP) is 4.35. The molecular weight excluding hydrogens is 288 g/mol. The number of nitrogens with zero attached hydrogens (tertiary/aromatic N) is 2. The second-order valence-electron chi connectivity index (χ2n) is 5.60. The maximum Gasteiger partial charge on any atom is 0.338 e. The Morgan fingerprint density at radius 3 is 2.48 bits per heavy atom. The van der Waals surface area contributed by atoms with Crippen molar-refractivity contribution in [3.63, 3.8) is 0 Å². The second-order valence-corrected chi connectivity index (χ2v) is 5.60. The van der Waals surface area contributed by atoms with Gasteiger partial charge in [0.15, 0.2) is 0 Å². The van der Waals surface area contributed by atoms with Crippen molar-refractivity contribution in [2.45, 2.75) is 40.0 Å². The van der Waals surface area contributed by atoms with E-state index in [9.17, 15) is 10.1 Å². The number of carbonyl (C=O) groups is 1. The second kappa shape index (κ2) is 7.15. The summed E-state index contributed by atoms with van der Waals surface area (Å²) in [5, 5.41) is 9.40. The third-order valence-corrected chi connectivity index (χ3v) is 4.18. The van der Waals surface area contributed by atoms with Gasteiger partial charge in [0.1, 0.15) is 6.07 Å². The van der Waals surface area contributed by atoms with E-state index >= 15 is 0 Å². The highest BCUT2D eigenvalue weighted by Crippen LogP contribution is 2.29. The lowest BCUT2D eigenvalue weighted by Gasteiger charge is -2.12. The Hall–Kier alpha value is -2.54. The molecule has 1 unspecified atom stereocenters. The van der Waals surface area contributed by atoms with E-state index in [1.54, 1.807) is 19.1 Å². The minimum Gasteiger partial charge on any atom is -0.462 e. The first-order valence-corrected chi connectivity index (χ1v) is 7.92. The Morgan fingerprint density at radius 2 is 1.96 bits per heavy atom. The molecular formula is C19H22N2O2. The van der Waals surface area contributed by atoms with Crippen molar-refractivity contribution in [2.24, 2.45) is 0 Å². The van der Waals surface area contributed by atoms with Crippen LogP contribution in [0.4, 0.5) is 0 Å². The number of hydrogen-bond donors (Lipinski definition) is 0. The van der Waals surface area contributed by atoms with E-state index in [4.69, 9.17) is 4.74 Å². The molecule has 0 aliphatic rings. The highest BCUT2D eigenvalue weighted by Gasteiger charge is 2.18. The molecule has 1 aromatic carbocycles. The topological polar surface area (TPSA) is 55.0 Å². The van der Waals surface area contributed by atoms with E-state index in [0.717, 1.165) is 23.4 Å². The van der Waals surface area contributed by atoms with Gasteiger partial charge in [0.25, 0.3) is 0 Å². The van der Waals surface area contributed by atoms with Gasteiger partial charge in [-0.3, -0.25) is 0 Å². The molecule has 0 bridgehead atoms. The molecule has 1 heterocycles. The lowest BCUT2D eigenvalue weighted by Crippen LogP contribution is -2.05. The summed E-state index contributed by atoms with van der Waals surface area (Å²) < 4.78 is 7.00. The van der Waals surface area contributed by atoms with E-state index in [0.29, 0.717) is 23.7 Å². The molecule has 2 rings (SSSR count). The van der Waals surface area contributed by atoms with Crippen LogP contribution in [0.25, 0.3) is 5.69 Å². The average Bonchev–Trinajstić information content (AvgIpc) is 2.91. The van der Waals surface area contributed by atoms with Crippen LogP contribution in [0.1, 0.15) is 60.3 Å². The van der Waals surface area contributed by atoms with Crippen LogP contribution in [0.15, 0.2) is 30.5 Å². The quantitative estimate of drug-likeness (QED) is 0.772. The van der Waals surface area contributed by atoms with Gasteiger partial charge in [-0.2, -0.15) is 5.26 Å². The fourth-order valence-corrected chi connectivity index (χ4v) is 2.78. The van der Waals surface area contributed by atoms with Gasteiger partial charge in [0.05, 0.1) is 17.7 Å². The van der Waals surface area contributed by atoms with Crippen LogP contribution in [0.5, 0.6) is 0 Å². The standard InChI is InChI=1S/C19H22N2O2/c1-5-13(3)18-14(4)21(12-16(18)11-20)17-9-7-15(8-10-17)19(22)23-6-2/h7-10,12-13H,5-6H2,1-4H3. The van der Waals surface area contributed by atoms with Crippen molar-refractivity contribution in [1.82, 2.24) is 4.57 Å². The normalized spacial score (nSPS) is 11.8. The summed E-state index contributed by atoms with van der Waals surface area (Å²) in [6.45, 7) is 8.44. The Bertz CT molecular complexity index is 736. The van der Waals surface area contributed by atoms with Crippen molar-refractivity contribution >= 4 is 5.97 Å². The number of aromatic nitrogens is 1. The summed E-state index contributed by atoms with van der Waals surface area (Å²) in [5.74, 6) is 0.0194. The predicted molar refractivity (Wildman–Crippen MR) is 89.9 cm³/mol. The zero-order chi connectivity index (χ0) is 17.0. The Morgan fingerprint density at radius 1 is 1.30 bits per heavy atom. The molecule has 4 nitrogen and oxygen atoms in total. The molecule has 0 aliphatic heterocycles. The van der Waals surface area contributed by atoms with Crippen LogP contribution in [-0.2, 0) is 4.74 Å². The fourth-order valence-electron chi connectivity index (χ4n) is 2.78. The number of esters is 1. The van der Waals surface area contributed by atoms with Crippen molar-refractivity contribution in [1.29, 1.82) is 5.26 Å². The first-order chi connectivity index (χ1) is 11.0. The third kappa shape index (κ3) is 3.29. The van der Waals surface area contributed by atoms with Crippen LogP contribution in [0.2, 0.25) is 0 Å².